The molecular weight excluding hydrogens is 383 g/mol. The first-order valence-corrected chi connectivity index (χ1v) is 10.0. The predicted molar refractivity (Wildman–Crippen MR) is 109 cm³/mol. The average Bonchev–Trinajstić information content (AvgIpc) is 3.32. The number of rotatable bonds is 5. The SMILES string of the molecule is O=C(O)Cc1c2c(n3ccccc13)CC(n1nncc1Cc1ccc(F)cc1)CC2. The molecule has 1 N–H and O–H groups in total. The molecule has 152 valence electrons. The number of carbonyl (C=O) groups is 1. The van der Waals surface area contributed by atoms with Gasteiger partial charge in [-0.25, -0.2) is 9.07 Å². The summed E-state index contributed by atoms with van der Waals surface area (Å²) >= 11 is 0. The minimum Gasteiger partial charge on any atom is -0.481 e. The van der Waals surface area contributed by atoms with Gasteiger partial charge in [0.1, 0.15) is 5.82 Å². The molecule has 4 aromatic rings. The lowest BCUT2D eigenvalue weighted by Crippen LogP contribution is -2.22. The second kappa shape index (κ2) is 7.40. The highest BCUT2D eigenvalue weighted by molar-refractivity contribution is 5.76. The van der Waals surface area contributed by atoms with E-state index in [9.17, 15) is 14.3 Å². The zero-order valence-electron chi connectivity index (χ0n) is 16.3. The van der Waals surface area contributed by atoms with E-state index >= 15 is 0 Å². The van der Waals surface area contributed by atoms with Crippen LogP contribution in [-0.4, -0.2) is 30.5 Å². The molecule has 1 unspecified atom stereocenters. The number of fused-ring (bicyclic) bond motifs is 3. The fourth-order valence-electron chi connectivity index (χ4n) is 4.62. The first kappa shape index (κ1) is 18.5. The fourth-order valence-corrected chi connectivity index (χ4v) is 4.62. The number of carboxylic acid groups (broad SMARTS) is 1. The van der Waals surface area contributed by atoms with Crippen molar-refractivity contribution in [3.05, 3.63) is 88.8 Å². The second-order valence-electron chi connectivity index (χ2n) is 7.80. The molecular formula is C23H21FN4O2. The Hall–Kier alpha value is -3.48. The van der Waals surface area contributed by atoms with Crippen molar-refractivity contribution < 1.29 is 14.3 Å². The number of hydrogen-bond donors (Lipinski definition) is 1. The van der Waals surface area contributed by atoms with Crippen LogP contribution in [0, 0.1) is 5.82 Å². The minimum atomic E-state index is -0.811. The van der Waals surface area contributed by atoms with E-state index in [2.05, 4.69) is 14.7 Å². The molecule has 1 aliphatic carbocycles. The van der Waals surface area contributed by atoms with E-state index in [1.165, 1.54) is 12.1 Å². The summed E-state index contributed by atoms with van der Waals surface area (Å²) in [4.78, 5) is 11.4. The first-order chi connectivity index (χ1) is 14.6. The number of hydrogen-bond acceptors (Lipinski definition) is 3. The number of nitrogens with zero attached hydrogens (tertiary/aromatic N) is 4. The first-order valence-electron chi connectivity index (χ1n) is 10.0. The largest absolute Gasteiger partial charge is 0.481 e. The van der Waals surface area contributed by atoms with Crippen LogP contribution in [0.5, 0.6) is 0 Å². The maximum Gasteiger partial charge on any atom is 0.307 e. The summed E-state index contributed by atoms with van der Waals surface area (Å²) in [5, 5.41) is 17.9. The number of carboxylic acids is 1. The van der Waals surface area contributed by atoms with Crippen LogP contribution in [0.15, 0.2) is 54.9 Å². The third-order valence-corrected chi connectivity index (χ3v) is 5.95. The quantitative estimate of drug-likeness (QED) is 0.552. The van der Waals surface area contributed by atoms with Gasteiger partial charge < -0.3 is 9.51 Å². The molecule has 1 atom stereocenters. The highest BCUT2D eigenvalue weighted by atomic mass is 19.1. The van der Waals surface area contributed by atoms with Crippen molar-refractivity contribution in [2.75, 3.05) is 0 Å². The second-order valence-corrected chi connectivity index (χ2v) is 7.80. The van der Waals surface area contributed by atoms with Gasteiger partial charge in [0.15, 0.2) is 0 Å². The zero-order valence-corrected chi connectivity index (χ0v) is 16.3. The minimum absolute atomic E-state index is 0.0344. The van der Waals surface area contributed by atoms with Gasteiger partial charge in [-0.15, -0.1) is 5.10 Å². The summed E-state index contributed by atoms with van der Waals surface area (Å²) in [5.41, 5.74) is 6.19. The van der Waals surface area contributed by atoms with Crippen LogP contribution in [0.2, 0.25) is 0 Å². The predicted octanol–water partition coefficient (Wildman–Crippen LogP) is 3.62. The Balaban J connectivity index is 1.48. The third-order valence-electron chi connectivity index (χ3n) is 5.95. The van der Waals surface area contributed by atoms with Crippen LogP contribution < -0.4 is 0 Å². The monoisotopic (exact) mass is 404 g/mol. The van der Waals surface area contributed by atoms with E-state index in [-0.39, 0.29) is 18.3 Å². The average molecular weight is 404 g/mol. The van der Waals surface area contributed by atoms with Crippen LogP contribution in [0.25, 0.3) is 5.52 Å². The molecule has 30 heavy (non-hydrogen) atoms. The lowest BCUT2D eigenvalue weighted by molar-refractivity contribution is -0.136. The molecule has 3 heterocycles. The van der Waals surface area contributed by atoms with E-state index in [0.717, 1.165) is 52.9 Å². The van der Waals surface area contributed by atoms with Crippen molar-refractivity contribution in [2.24, 2.45) is 0 Å². The van der Waals surface area contributed by atoms with Crippen LogP contribution >= 0.6 is 0 Å². The number of aliphatic carboxylic acids is 1. The molecule has 0 saturated carbocycles. The summed E-state index contributed by atoms with van der Waals surface area (Å²) in [6, 6.07) is 12.5. The van der Waals surface area contributed by atoms with Crippen molar-refractivity contribution in [3.8, 4) is 0 Å². The van der Waals surface area contributed by atoms with E-state index in [1.54, 1.807) is 18.3 Å². The molecule has 0 spiro atoms. The van der Waals surface area contributed by atoms with E-state index in [4.69, 9.17) is 0 Å². The highest BCUT2D eigenvalue weighted by Gasteiger charge is 2.29. The third kappa shape index (κ3) is 3.26. The van der Waals surface area contributed by atoms with E-state index < -0.39 is 5.97 Å². The highest BCUT2D eigenvalue weighted by Crippen LogP contribution is 2.35. The Kier molecular flexibility index (Phi) is 4.58. The summed E-state index contributed by atoms with van der Waals surface area (Å²) in [6.45, 7) is 0. The summed E-state index contributed by atoms with van der Waals surface area (Å²) in [7, 11) is 0. The molecule has 5 rings (SSSR count). The van der Waals surface area contributed by atoms with Gasteiger partial charge in [0.2, 0.25) is 0 Å². The van der Waals surface area contributed by atoms with Crippen LogP contribution in [0.3, 0.4) is 0 Å². The molecule has 1 aromatic carbocycles. The van der Waals surface area contributed by atoms with E-state index in [1.807, 2.05) is 29.1 Å². The normalized spacial score (nSPS) is 16.0. The number of benzene rings is 1. The van der Waals surface area contributed by atoms with Crippen molar-refractivity contribution in [2.45, 2.75) is 38.1 Å². The molecule has 0 amide bonds. The van der Waals surface area contributed by atoms with Gasteiger partial charge in [0.05, 0.1) is 24.4 Å². The molecule has 1 aliphatic rings. The Morgan fingerprint density at radius 1 is 1.20 bits per heavy atom. The number of halogens is 1. The van der Waals surface area contributed by atoms with Crippen LogP contribution in [0.1, 0.15) is 40.5 Å². The topological polar surface area (TPSA) is 72.4 Å². The molecule has 0 radical (unpaired) electrons. The maximum absolute atomic E-state index is 13.2. The molecule has 6 nitrogen and oxygen atoms in total. The molecule has 0 saturated heterocycles. The van der Waals surface area contributed by atoms with Crippen molar-refractivity contribution in [1.29, 1.82) is 0 Å². The standard InChI is InChI=1S/C23H21FN4O2/c24-16-6-4-15(5-7-16)11-18-14-25-26-28(18)17-8-9-19-20(13-23(29)30)21-3-1-2-10-27(21)22(19)12-17/h1-7,10,14,17H,8-9,11-13H2,(H,29,30). The van der Waals surface area contributed by atoms with E-state index in [0.29, 0.717) is 6.42 Å². The molecule has 3 aromatic heterocycles. The van der Waals surface area contributed by atoms with Gasteiger partial charge >= 0.3 is 5.97 Å². The molecule has 0 fully saturated rings. The van der Waals surface area contributed by atoms with Gasteiger partial charge in [-0.1, -0.05) is 23.4 Å². The summed E-state index contributed by atoms with van der Waals surface area (Å²) in [6.07, 6.45) is 6.88. The molecule has 0 aliphatic heterocycles. The Morgan fingerprint density at radius 2 is 2.03 bits per heavy atom. The van der Waals surface area contributed by atoms with Gasteiger partial charge in [-0.2, -0.15) is 0 Å². The van der Waals surface area contributed by atoms with Crippen molar-refractivity contribution in [1.82, 2.24) is 19.4 Å². The van der Waals surface area contributed by atoms with Gasteiger partial charge in [-0.05, 0) is 53.8 Å². The summed E-state index contributed by atoms with van der Waals surface area (Å²) in [5.74, 6) is -1.06. The van der Waals surface area contributed by atoms with Crippen LogP contribution in [-0.2, 0) is 30.5 Å². The Morgan fingerprint density at radius 3 is 2.83 bits per heavy atom. The smallest absolute Gasteiger partial charge is 0.307 e. The number of pyridine rings is 1. The van der Waals surface area contributed by atoms with Gasteiger partial charge in [-0.3, -0.25) is 4.79 Å². The van der Waals surface area contributed by atoms with Gasteiger partial charge in [0, 0.05) is 30.2 Å². The molecule has 7 heteroatoms. The van der Waals surface area contributed by atoms with Crippen LogP contribution in [0.4, 0.5) is 4.39 Å². The van der Waals surface area contributed by atoms with Gasteiger partial charge in [0.25, 0.3) is 0 Å². The lowest BCUT2D eigenvalue weighted by Gasteiger charge is -2.25. The van der Waals surface area contributed by atoms with Crippen molar-refractivity contribution in [3.63, 3.8) is 0 Å². The number of aromatic nitrogens is 4. The fraction of sp³-hybridized carbons (Fsp3) is 0.261. The Bertz CT molecular complexity index is 1230. The zero-order chi connectivity index (χ0) is 20.7. The lowest BCUT2D eigenvalue weighted by atomic mass is 9.90. The van der Waals surface area contributed by atoms with Crippen molar-refractivity contribution >= 4 is 11.5 Å². The Labute approximate surface area is 172 Å². The molecule has 0 bridgehead atoms. The maximum atomic E-state index is 13.2. The summed E-state index contributed by atoms with van der Waals surface area (Å²) < 4.78 is 17.3.